The highest BCUT2D eigenvalue weighted by atomic mass is 27.4. The van der Waals surface area contributed by atoms with Crippen molar-refractivity contribution < 1.29 is 24.7 Å². The smallest absolute Gasteiger partial charge is 0.575 e. The van der Waals surface area contributed by atoms with Gasteiger partial charge in [-0.15, -0.1) is 0 Å². The fraction of sp³-hybridized carbons (Fsp3) is 0.875. The van der Waals surface area contributed by atoms with Gasteiger partial charge in [0.25, 0.3) is 5.97 Å². The van der Waals surface area contributed by atoms with Crippen LogP contribution in [0.2, 0.25) is 0 Å². The van der Waals surface area contributed by atoms with Gasteiger partial charge in [0.15, 0.2) is 0 Å². The van der Waals surface area contributed by atoms with Crippen LogP contribution in [-0.4, -0.2) is 63.6 Å². The molecule has 0 radical (unpaired) electrons. The number of hydrogen-bond donors (Lipinski definition) is 0. The number of carbonyl (C=O) groups is 1. The predicted molar refractivity (Wildman–Crippen MR) is 64.7 cm³/mol. The molecule has 0 unspecified atom stereocenters. The van der Waals surface area contributed by atoms with Crippen molar-refractivity contribution in [3.05, 3.63) is 0 Å². The zero-order valence-electron chi connectivity index (χ0n) is 11.2. The van der Waals surface area contributed by atoms with E-state index < -0.39 is 51.4 Å². The molecule has 0 spiro atoms. The minimum Gasteiger partial charge on any atom is -0.575 e. The summed E-state index contributed by atoms with van der Waals surface area (Å²) in [6, 6.07) is 0. The summed E-state index contributed by atoms with van der Waals surface area (Å²) in [6.07, 6.45) is -0.0270. The number of hydrogen-bond acceptors (Lipinski definition) is 7. The lowest BCUT2D eigenvalue weighted by molar-refractivity contribution is -0.134. The molecule has 0 amide bonds. The Labute approximate surface area is 122 Å². The lowest BCUT2D eigenvalue weighted by atomic mass is 10.5. The molecule has 100 valence electrons. The van der Waals surface area contributed by atoms with E-state index in [1.807, 2.05) is 27.7 Å². The average Bonchev–Trinajstić information content (AvgIpc) is 2.12. The number of rotatable bonds is 5. The molecule has 10 heteroatoms. The third-order valence-corrected chi connectivity index (χ3v) is 9.09. The van der Waals surface area contributed by atoms with Gasteiger partial charge in [0.2, 0.25) is 0 Å². The molecule has 1 rings (SSSR count). The van der Waals surface area contributed by atoms with Crippen molar-refractivity contribution in [2.75, 3.05) is 0 Å². The first-order valence-electron chi connectivity index (χ1n) is 5.81. The molecular formula is C8H17Al3O7. The molecule has 0 aliphatic carbocycles. The van der Waals surface area contributed by atoms with Gasteiger partial charge >= 0.3 is 45.4 Å². The molecule has 18 heavy (non-hydrogen) atoms. The van der Waals surface area contributed by atoms with Gasteiger partial charge in [-0.05, 0) is 27.7 Å². The summed E-state index contributed by atoms with van der Waals surface area (Å²) in [5.41, 5.74) is 0. The highest BCUT2D eigenvalue weighted by Gasteiger charge is 2.58. The SMILES string of the molecule is CC(=O)[O][Al]1[O][Al]([O]C(C)C)[O][Al]([O]C(C)C)[O]1. The molecule has 1 saturated heterocycles. The molecule has 0 saturated carbocycles. The summed E-state index contributed by atoms with van der Waals surface area (Å²) in [5, 5.41) is 0. The molecule has 1 aliphatic rings. The lowest BCUT2D eigenvalue weighted by Crippen LogP contribution is -2.54. The zero-order valence-corrected chi connectivity index (χ0v) is 14.7. The van der Waals surface area contributed by atoms with E-state index in [-0.39, 0.29) is 12.2 Å². The number of carbonyl (C=O) groups excluding carboxylic acids is 1. The standard InChI is InChI=1S/2C3H7O.C2H4O2.3Al.3O/c2*1-3(2)4;1-2(3)4;;;;;;/h2*3H,1-2H3;1H3,(H,3,4);;;;;;/q2*-1;;3*+1;;;/p-1. The fourth-order valence-corrected chi connectivity index (χ4v) is 8.44. The normalized spacial score (nSPS) is 16.7. The van der Waals surface area contributed by atoms with Crippen LogP contribution >= 0.6 is 0 Å². The van der Waals surface area contributed by atoms with Crippen LogP contribution in [0.3, 0.4) is 0 Å². The molecule has 1 fully saturated rings. The van der Waals surface area contributed by atoms with Crippen LogP contribution in [-0.2, 0) is 24.7 Å². The maximum atomic E-state index is 10.9. The van der Waals surface area contributed by atoms with Crippen LogP contribution < -0.4 is 0 Å². The molecule has 0 aromatic carbocycles. The molecule has 1 heterocycles. The summed E-state index contributed by atoms with van der Waals surface area (Å²) < 4.78 is 32.5. The van der Waals surface area contributed by atoms with E-state index in [9.17, 15) is 4.79 Å². The van der Waals surface area contributed by atoms with E-state index in [2.05, 4.69) is 0 Å². The van der Waals surface area contributed by atoms with Crippen molar-refractivity contribution in [2.45, 2.75) is 46.8 Å². The van der Waals surface area contributed by atoms with Crippen LogP contribution in [0.1, 0.15) is 34.6 Å². The van der Waals surface area contributed by atoms with Crippen molar-refractivity contribution in [3.63, 3.8) is 0 Å². The van der Waals surface area contributed by atoms with E-state index in [0.29, 0.717) is 0 Å². The van der Waals surface area contributed by atoms with E-state index in [0.717, 1.165) is 0 Å². The minimum atomic E-state index is -2.52. The third kappa shape index (κ3) is 6.87. The summed E-state index contributed by atoms with van der Waals surface area (Å²) >= 11 is -7.16. The minimum absolute atomic E-state index is 0.0135. The van der Waals surface area contributed by atoms with E-state index >= 15 is 0 Å². The maximum absolute atomic E-state index is 10.9. The van der Waals surface area contributed by atoms with Gasteiger partial charge in [-0.1, -0.05) is 0 Å². The largest absolute Gasteiger partial charge is 0.947 e. The van der Waals surface area contributed by atoms with Crippen molar-refractivity contribution in [1.82, 2.24) is 0 Å². The Kier molecular flexibility index (Phi) is 7.73. The molecule has 0 bridgehead atoms. The second-order valence-corrected chi connectivity index (χ2v) is 10.0. The van der Waals surface area contributed by atoms with Gasteiger partial charge in [0.1, 0.15) is 0 Å². The fourth-order valence-electron chi connectivity index (χ4n) is 1.13. The van der Waals surface area contributed by atoms with Crippen LogP contribution in [0.15, 0.2) is 0 Å². The molecule has 0 aromatic rings. The average molecular weight is 306 g/mol. The van der Waals surface area contributed by atoms with Gasteiger partial charge in [-0.25, -0.2) is 0 Å². The molecule has 0 N–H and O–H groups in total. The van der Waals surface area contributed by atoms with Gasteiger partial charge in [0, 0.05) is 19.1 Å². The van der Waals surface area contributed by atoms with Crippen molar-refractivity contribution in [3.8, 4) is 0 Å². The molecule has 7 nitrogen and oxygen atoms in total. The van der Waals surface area contributed by atoms with Crippen LogP contribution in [0.5, 0.6) is 0 Å². The highest BCUT2D eigenvalue weighted by molar-refractivity contribution is 6.67. The van der Waals surface area contributed by atoms with Crippen molar-refractivity contribution in [1.29, 1.82) is 0 Å². The Bertz CT molecular complexity index is 257. The summed E-state index contributed by atoms with van der Waals surface area (Å²) in [7, 11) is 0. The molecule has 1 aliphatic heterocycles. The van der Waals surface area contributed by atoms with Crippen LogP contribution in [0.25, 0.3) is 0 Å². The summed E-state index contributed by atoms with van der Waals surface area (Å²) in [4.78, 5) is 10.9. The van der Waals surface area contributed by atoms with Crippen molar-refractivity contribution >= 4 is 51.4 Å². The van der Waals surface area contributed by atoms with E-state index in [1.165, 1.54) is 6.92 Å². The van der Waals surface area contributed by atoms with Crippen LogP contribution in [0, 0.1) is 0 Å². The molecule has 0 atom stereocenters. The monoisotopic (exact) mass is 306 g/mol. The molecular weight excluding hydrogens is 289 g/mol. The summed E-state index contributed by atoms with van der Waals surface area (Å²) in [6.45, 7) is 8.86. The Balaban J connectivity index is 2.56. The highest BCUT2D eigenvalue weighted by Crippen LogP contribution is 2.13. The Morgan fingerprint density at radius 3 is 1.61 bits per heavy atom. The Hall–Kier alpha value is 0.867. The van der Waals surface area contributed by atoms with Crippen molar-refractivity contribution in [2.24, 2.45) is 0 Å². The van der Waals surface area contributed by atoms with E-state index in [1.54, 1.807) is 0 Å². The zero-order chi connectivity index (χ0) is 13.7. The van der Waals surface area contributed by atoms with Gasteiger partial charge < -0.3 is 19.9 Å². The van der Waals surface area contributed by atoms with Gasteiger partial charge in [-0.2, -0.15) is 0 Å². The predicted octanol–water partition coefficient (Wildman–Crippen LogP) is 0.418. The first-order valence-corrected chi connectivity index (χ1v) is 10.1. The third-order valence-electron chi connectivity index (χ3n) is 1.70. The maximum Gasteiger partial charge on any atom is 0.947 e. The first kappa shape index (κ1) is 16.9. The van der Waals surface area contributed by atoms with E-state index in [4.69, 9.17) is 19.9 Å². The second kappa shape index (κ2) is 8.22. The topological polar surface area (TPSA) is 72.5 Å². The van der Waals surface area contributed by atoms with Gasteiger partial charge in [-0.3, -0.25) is 4.79 Å². The second-order valence-electron chi connectivity index (χ2n) is 4.25. The van der Waals surface area contributed by atoms with Gasteiger partial charge in [0.05, 0.1) is 0 Å². The first-order chi connectivity index (χ1) is 8.36. The lowest BCUT2D eigenvalue weighted by Gasteiger charge is -2.28. The Morgan fingerprint density at radius 1 is 0.889 bits per heavy atom. The van der Waals surface area contributed by atoms with Crippen LogP contribution in [0.4, 0.5) is 0 Å². The molecule has 0 aromatic heterocycles. The summed E-state index contributed by atoms with van der Waals surface area (Å²) in [5.74, 6) is -0.428. The quantitative estimate of drug-likeness (QED) is 0.681. The Morgan fingerprint density at radius 2 is 1.28 bits per heavy atom.